The molecular formula is C16H23N3OS. The van der Waals surface area contributed by atoms with Gasteiger partial charge in [-0.2, -0.15) is 0 Å². The van der Waals surface area contributed by atoms with E-state index in [0.29, 0.717) is 5.56 Å². The van der Waals surface area contributed by atoms with Crippen molar-refractivity contribution >= 4 is 17.2 Å². The van der Waals surface area contributed by atoms with Gasteiger partial charge < -0.3 is 15.2 Å². The van der Waals surface area contributed by atoms with Gasteiger partial charge in [-0.05, 0) is 52.4 Å². The monoisotopic (exact) mass is 305 g/mol. The fraction of sp³-hybridized carbons (Fsp3) is 0.438. The van der Waals surface area contributed by atoms with Crippen molar-refractivity contribution in [1.82, 2.24) is 9.47 Å². The second-order valence-corrected chi connectivity index (χ2v) is 6.52. The molecule has 0 saturated carbocycles. The Labute approximate surface area is 130 Å². The molecule has 4 nitrogen and oxygen atoms in total. The summed E-state index contributed by atoms with van der Waals surface area (Å²) >= 11 is 1.64. The summed E-state index contributed by atoms with van der Waals surface area (Å²) in [6.45, 7) is 5.99. The molecule has 0 bridgehead atoms. The molecule has 2 aromatic heterocycles. The molecule has 0 aliphatic rings. The van der Waals surface area contributed by atoms with Gasteiger partial charge in [-0.1, -0.05) is 6.07 Å². The number of hydrogen-bond acceptors (Lipinski definition) is 3. The van der Waals surface area contributed by atoms with Gasteiger partial charge in [0.1, 0.15) is 0 Å². The Morgan fingerprint density at radius 3 is 2.57 bits per heavy atom. The molecule has 1 amide bonds. The first kappa shape index (κ1) is 15.8. The van der Waals surface area contributed by atoms with Crippen LogP contribution in [0.3, 0.4) is 0 Å². The Morgan fingerprint density at radius 1 is 1.33 bits per heavy atom. The number of rotatable bonds is 6. The van der Waals surface area contributed by atoms with Crippen LogP contribution in [0, 0.1) is 13.8 Å². The lowest BCUT2D eigenvalue weighted by molar-refractivity contribution is 0.1000. The van der Waals surface area contributed by atoms with Crippen molar-refractivity contribution in [1.29, 1.82) is 0 Å². The third kappa shape index (κ3) is 3.19. The SMILES string of the molecule is Cc1c(C(N)=O)c(-c2cccs2)c(C)n1CCCN(C)C. The van der Waals surface area contributed by atoms with Crippen molar-refractivity contribution in [3.8, 4) is 10.4 Å². The number of amides is 1. The highest BCUT2D eigenvalue weighted by Crippen LogP contribution is 2.35. The molecule has 2 heterocycles. The normalized spacial score (nSPS) is 11.3. The highest BCUT2D eigenvalue weighted by atomic mass is 32.1. The van der Waals surface area contributed by atoms with Crippen molar-refractivity contribution in [2.24, 2.45) is 5.73 Å². The van der Waals surface area contributed by atoms with E-state index in [1.165, 1.54) is 0 Å². The third-order valence-electron chi connectivity index (χ3n) is 3.78. The molecule has 0 saturated heterocycles. The van der Waals surface area contributed by atoms with E-state index in [2.05, 4.69) is 30.5 Å². The Bertz CT molecular complexity index is 626. The van der Waals surface area contributed by atoms with Gasteiger partial charge in [-0.25, -0.2) is 0 Å². The number of nitrogens with two attached hydrogens (primary N) is 1. The summed E-state index contributed by atoms with van der Waals surface area (Å²) < 4.78 is 2.22. The second-order valence-electron chi connectivity index (χ2n) is 5.57. The largest absolute Gasteiger partial charge is 0.366 e. The molecule has 0 spiro atoms. The topological polar surface area (TPSA) is 51.3 Å². The second kappa shape index (κ2) is 6.45. The van der Waals surface area contributed by atoms with Crippen LogP contribution in [0.1, 0.15) is 28.2 Å². The van der Waals surface area contributed by atoms with Crippen molar-refractivity contribution in [2.75, 3.05) is 20.6 Å². The Morgan fingerprint density at radius 2 is 2.05 bits per heavy atom. The molecule has 0 atom stereocenters. The molecule has 2 aromatic rings. The number of nitrogens with zero attached hydrogens (tertiary/aromatic N) is 2. The Kier molecular flexibility index (Phi) is 4.85. The fourth-order valence-corrected chi connectivity index (χ4v) is 3.62. The quantitative estimate of drug-likeness (QED) is 0.892. The predicted molar refractivity (Wildman–Crippen MR) is 88.9 cm³/mol. The van der Waals surface area contributed by atoms with E-state index in [1.54, 1.807) is 11.3 Å². The number of primary amides is 1. The minimum absolute atomic E-state index is 0.342. The zero-order valence-electron chi connectivity index (χ0n) is 13.1. The summed E-state index contributed by atoms with van der Waals surface area (Å²) in [7, 11) is 4.14. The lowest BCUT2D eigenvalue weighted by Gasteiger charge is -2.13. The first-order valence-corrected chi connectivity index (χ1v) is 7.99. The molecule has 0 aliphatic carbocycles. The van der Waals surface area contributed by atoms with Crippen LogP contribution in [0.5, 0.6) is 0 Å². The first-order chi connectivity index (χ1) is 9.93. The van der Waals surface area contributed by atoms with Crippen LogP contribution >= 0.6 is 11.3 Å². The van der Waals surface area contributed by atoms with Gasteiger partial charge in [-0.15, -0.1) is 11.3 Å². The molecule has 0 aromatic carbocycles. The van der Waals surface area contributed by atoms with E-state index >= 15 is 0 Å². The van der Waals surface area contributed by atoms with E-state index in [4.69, 9.17) is 5.73 Å². The summed E-state index contributed by atoms with van der Waals surface area (Å²) in [6, 6.07) is 4.05. The molecule has 0 aliphatic heterocycles. The number of hydrogen-bond donors (Lipinski definition) is 1. The van der Waals surface area contributed by atoms with E-state index in [9.17, 15) is 4.79 Å². The molecule has 2 rings (SSSR count). The van der Waals surface area contributed by atoms with Crippen LogP contribution < -0.4 is 5.73 Å². The minimum atomic E-state index is -0.342. The lowest BCUT2D eigenvalue weighted by Crippen LogP contribution is -2.16. The molecule has 0 radical (unpaired) electrons. The number of carbonyl (C=O) groups is 1. The summed E-state index contributed by atoms with van der Waals surface area (Å²) in [6.07, 6.45) is 1.05. The fourth-order valence-electron chi connectivity index (χ4n) is 2.79. The summed E-state index contributed by atoms with van der Waals surface area (Å²) in [5.74, 6) is -0.342. The number of thiophene rings is 1. The van der Waals surface area contributed by atoms with Gasteiger partial charge >= 0.3 is 0 Å². The molecule has 21 heavy (non-hydrogen) atoms. The smallest absolute Gasteiger partial charge is 0.251 e. The van der Waals surface area contributed by atoms with Crippen LogP contribution in [0.2, 0.25) is 0 Å². The molecule has 5 heteroatoms. The number of carbonyl (C=O) groups excluding carboxylic acids is 1. The van der Waals surface area contributed by atoms with Crippen molar-refractivity contribution in [3.05, 3.63) is 34.5 Å². The summed E-state index contributed by atoms with van der Waals surface area (Å²) in [5.41, 5.74) is 9.39. The third-order valence-corrected chi connectivity index (χ3v) is 4.67. The number of aromatic nitrogens is 1. The Hall–Kier alpha value is -1.59. The highest BCUT2D eigenvalue weighted by molar-refractivity contribution is 7.13. The molecular weight excluding hydrogens is 282 g/mol. The van der Waals surface area contributed by atoms with E-state index in [1.807, 2.05) is 24.4 Å². The van der Waals surface area contributed by atoms with Gasteiger partial charge in [0.25, 0.3) is 5.91 Å². The minimum Gasteiger partial charge on any atom is -0.366 e. The van der Waals surface area contributed by atoms with Crippen molar-refractivity contribution in [3.63, 3.8) is 0 Å². The van der Waals surface area contributed by atoms with Gasteiger partial charge in [0.2, 0.25) is 0 Å². The van der Waals surface area contributed by atoms with Crippen LogP contribution in [-0.2, 0) is 6.54 Å². The lowest BCUT2D eigenvalue weighted by atomic mass is 10.1. The maximum absolute atomic E-state index is 11.9. The van der Waals surface area contributed by atoms with Crippen molar-refractivity contribution < 1.29 is 4.79 Å². The average Bonchev–Trinajstić information content (AvgIpc) is 2.98. The predicted octanol–water partition coefficient (Wildman–Crippen LogP) is 2.88. The average molecular weight is 305 g/mol. The van der Waals surface area contributed by atoms with Crippen molar-refractivity contribution in [2.45, 2.75) is 26.8 Å². The zero-order chi connectivity index (χ0) is 15.6. The maximum atomic E-state index is 11.9. The molecule has 114 valence electrons. The van der Waals surface area contributed by atoms with Crippen LogP contribution in [0.4, 0.5) is 0 Å². The van der Waals surface area contributed by atoms with Crippen LogP contribution in [0.15, 0.2) is 17.5 Å². The summed E-state index contributed by atoms with van der Waals surface area (Å²) in [4.78, 5) is 15.2. The van der Waals surface area contributed by atoms with Crippen LogP contribution in [0.25, 0.3) is 10.4 Å². The zero-order valence-corrected chi connectivity index (χ0v) is 14.0. The van der Waals surface area contributed by atoms with E-state index < -0.39 is 0 Å². The van der Waals surface area contributed by atoms with Gasteiger partial charge in [0.05, 0.1) is 5.56 Å². The highest BCUT2D eigenvalue weighted by Gasteiger charge is 2.22. The van der Waals surface area contributed by atoms with Gasteiger partial charge in [0.15, 0.2) is 0 Å². The Balaban J connectivity index is 2.43. The van der Waals surface area contributed by atoms with E-state index in [-0.39, 0.29) is 5.91 Å². The molecule has 0 fully saturated rings. The molecule has 2 N–H and O–H groups in total. The van der Waals surface area contributed by atoms with Gasteiger partial charge in [0, 0.05) is 28.4 Å². The van der Waals surface area contributed by atoms with Crippen LogP contribution in [-0.4, -0.2) is 36.0 Å². The van der Waals surface area contributed by atoms with Gasteiger partial charge in [-0.3, -0.25) is 4.79 Å². The summed E-state index contributed by atoms with van der Waals surface area (Å²) in [5, 5.41) is 2.03. The maximum Gasteiger partial charge on any atom is 0.251 e. The van der Waals surface area contributed by atoms with E-state index in [0.717, 1.165) is 41.3 Å². The molecule has 0 unspecified atom stereocenters. The standard InChI is InChI=1S/C16H23N3OS/c1-11-14(13-7-5-10-21-13)15(16(17)20)12(2)19(11)9-6-8-18(3)4/h5,7,10H,6,8-9H2,1-4H3,(H2,17,20). The first-order valence-electron chi connectivity index (χ1n) is 7.11.